The number of nitrogens with zero attached hydrogens (tertiary/aromatic N) is 1. The summed E-state index contributed by atoms with van der Waals surface area (Å²) in [5.74, 6) is -0.479. The van der Waals surface area contributed by atoms with Crippen molar-refractivity contribution < 1.29 is 18.0 Å². The SMILES string of the molecule is CC(NC(=O)C1CC(=O)N(C2CCS(=O)(=O)C2)C1)c1ccc2c(c1)CCCC2. The van der Waals surface area contributed by atoms with Crippen molar-refractivity contribution in [2.24, 2.45) is 5.92 Å². The van der Waals surface area contributed by atoms with E-state index >= 15 is 0 Å². The first-order valence-corrected chi connectivity index (χ1v) is 12.1. The average molecular weight is 405 g/mol. The van der Waals surface area contributed by atoms with Crippen LogP contribution in [0.15, 0.2) is 18.2 Å². The maximum absolute atomic E-state index is 12.7. The summed E-state index contributed by atoms with van der Waals surface area (Å²) >= 11 is 0. The number of hydrogen-bond acceptors (Lipinski definition) is 4. The molecule has 7 heteroatoms. The fourth-order valence-electron chi connectivity index (χ4n) is 4.72. The van der Waals surface area contributed by atoms with E-state index in [2.05, 4.69) is 23.5 Å². The van der Waals surface area contributed by atoms with E-state index in [0.29, 0.717) is 13.0 Å². The van der Waals surface area contributed by atoms with Gasteiger partial charge in [0.2, 0.25) is 11.8 Å². The Morgan fingerprint density at radius 1 is 1.21 bits per heavy atom. The Bertz CT molecular complexity index is 896. The van der Waals surface area contributed by atoms with E-state index in [1.807, 2.05) is 6.92 Å². The second-order valence-electron chi connectivity index (χ2n) is 8.47. The summed E-state index contributed by atoms with van der Waals surface area (Å²) in [6.45, 7) is 2.29. The van der Waals surface area contributed by atoms with Crippen LogP contribution in [0, 0.1) is 5.92 Å². The smallest absolute Gasteiger partial charge is 0.225 e. The van der Waals surface area contributed by atoms with E-state index < -0.39 is 15.8 Å². The summed E-state index contributed by atoms with van der Waals surface area (Å²) in [6.07, 6.45) is 5.34. The largest absolute Gasteiger partial charge is 0.349 e. The van der Waals surface area contributed by atoms with Gasteiger partial charge in [0.15, 0.2) is 9.84 Å². The lowest BCUT2D eigenvalue weighted by molar-refractivity contribution is -0.130. The van der Waals surface area contributed by atoms with Gasteiger partial charge in [0.1, 0.15) is 0 Å². The predicted molar refractivity (Wildman–Crippen MR) is 107 cm³/mol. The van der Waals surface area contributed by atoms with Crippen LogP contribution in [0.1, 0.15) is 55.3 Å². The molecule has 2 heterocycles. The fourth-order valence-corrected chi connectivity index (χ4v) is 6.45. The van der Waals surface area contributed by atoms with Crippen molar-refractivity contribution in [3.63, 3.8) is 0 Å². The number of rotatable bonds is 4. The molecule has 152 valence electrons. The van der Waals surface area contributed by atoms with Crippen LogP contribution in [0.2, 0.25) is 0 Å². The molecule has 2 saturated heterocycles. The maximum atomic E-state index is 12.7. The molecule has 2 fully saturated rings. The summed E-state index contributed by atoms with van der Waals surface area (Å²) < 4.78 is 23.4. The highest BCUT2D eigenvalue weighted by atomic mass is 32.2. The summed E-state index contributed by atoms with van der Waals surface area (Å²) in [5.41, 5.74) is 3.89. The number of nitrogens with one attached hydrogen (secondary N) is 1. The predicted octanol–water partition coefficient (Wildman–Crippen LogP) is 1.78. The van der Waals surface area contributed by atoms with E-state index in [9.17, 15) is 18.0 Å². The van der Waals surface area contributed by atoms with Crippen molar-refractivity contribution in [1.29, 1.82) is 0 Å². The fraction of sp³-hybridized carbons (Fsp3) is 0.619. The Balaban J connectivity index is 1.38. The number of likely N-dealkylation sites (tertiary alicyclic amines) is 1. The molecule has 4 rings (SSSR count). The molecular weight excluding hydrogens is 376 g/mol. The Hall–Kier alpha value is -1.89. The number of hydrogen-bond donors (Lipinski definition) is 1. The van der Waals surface area contributed by atoms with E-state index in [1.54, 1.807) is 4.90 Å². The first kappa shape index (κ1) is 19.4. The number of carbonyl (C=O) groups is 2. The highest BCUT2D eigenvalue weighted by Gasteiger charge is 2.42. The molecule has 3 atom stereocenters. The highest BCUT2D eigenvalue weighted by Crippen LogP contribution is 2.28. The van der Waals surface area contributed by atoms with Crippen LogP contribution in [0.25, 0.3) is 0 Å². The van der Waals surface area contributed by atoms with Gasteiger partial charge in [0.25, 0.3) is 0 Å². The third-order valence-electron chi connectivity index (χ3n) is 6.41. The van der Waals surface area contributed by atoms with Crippen LogP contribution in [-0.4, -0.2) is 49.2 Å². The molecule has 0 bridgehead atoms. The molecule has 6 nitrogen and oxygen atoms in total. The number of amides is 2. The molecule has 0 saturated carbocycles. The molecule has 2 aliphatic heterocycles. The van der Waals surface area contributed by atoms with Crippen molar-refractivity contribution >= 4 is 21.7 Å². The van der Waals surface area contributed by atoms with Gasteiger partial charge in [-0.25, -0.2) is 8.42 Å². The number of aryl methyl sites for hydroxylation is 2. The van der Waals surface area contributed by atoms with Gasteiger partial charge in [-0.1, -0.05) is 18.2 Å². The molecule has 2 amide bonds. The van der Waals surface area contributed by atoms with Crippen LogP contribution >= 0.6 is 0 Å². The molecule has 28 heavy (non-hydrogen) atoms. The summed E-state index contributed by atoms with van der Waals surface area (Å²) in [4.78, 5) is 26.7. The lowest BCUT2D eigenvalue weighted by Gasteiger charge is -2.23. The molecule has 0 aromatic heterocycles. The van der Waals surface area contributed by atoms with Gasteiger partial charge < -0.3 is 10.2 Å². The van der Waals surface area contributed by atoms with Crippen molar-refractivity contribution in [2.75, 3.05) is 18.1 Å². The molecule has 1 aromatic carbocycles. The van der Waals surface area contributed by atoms with Gasteiger partial charge in [-0.05, 0) is 55.7 Å². The van der Waals surface area contributed by atoms with Crippen molar-refractivity contribution in [3.05, 3.63) is 34.9 Å². The topological polar surface area (TPSA) is 83.6 Å². The minimum absolute atomic E-state index is 0.0264. The molecule has 1 N–H and O–H groups in total. The van der Waals surface area contributed by atoms with Crippen LogP contribution in [0.4, 0.5) is 0 Å². The molecular formula is C21H28N2O4S. The normalized spacial score (nSPS) is 27.5. The third kappa shape index (κ3) is 3.95. The van der Waals surface area contributed by atoms with Gasteiger partial charge in [0, 0.05) is 19.0 Å². The monoisotopic (exact) mass is 404 g/mol. The summed E-state index contributed by atoms with van der Waals surface area (Å²) in [7, 11) is -3.05. The van der Waals surface area contributed by atoms with E-state index in [0.717, 1.165) is 18.4 Å². The minimum Gasteiger partial charge on any atom is -0.349 e. The standard InChI is InChI=1S/C21H28N2O4S/c1-14(16-7-6-15-4-2-3-5-17(15)10-16)22-21(25)18-11-20(24)23(12-18)19-8-9-28(26,27)13-19/h6-7,10,14,18-19H,2-5,8-9,11-13H2,1H3,(H,22,25). The van der Waals surface area contributed by atoms with Crippen molar-refractivity contribution in [3.8, 4) is 0 Å². The van der Waals surface area contributed by atoms with Crippen LogP contribution in [0.3, 0.4) is 0 Å². The van der Waals surface area contributed by atoms with E-state index in [4.69, 9.17) is 0 Å². The second-order valence-corrected chi connectivity index (χ2v) is 10.7. The van der Waals surface area contributed by atoms with Gasteiger partial charge in [-0.3, -0.25) is 9.59 Å². The van der Waals surface area contributed by atoms with Crippen molar-refractivity contribution in [2.45, 2.75) is 57.5 Å². The molecule has 3 aliphatic rings. The Morgan fingerprint density at radius 2 is 1.96 bits per heavy atom. The Morgan fingerprint density at radius 3 is 2.68 bits per heavy atom. The average Bonchev–Trinajstić information content (AvgIpc) is 3.23. The van der Waals surface area contributed by atoms with Crippen molar-refractivity contribution in [1.82, 2.24) is 10.2 Å². The van der Waals surface area contributed by atoms with Gasteiger partial charge in [0.05, 0.1) is 23.5 Å². The summed E-state index contributed by atoms with van der Waals surface area (Å²) in [6, 6.07) is 6.08. The number of fused-ring (bicyclic) bond motifs is 1. The molecule has 0 radical (unpaired) electrons. The first-order valence-electron chi connectivity index (χ1n) is 10.2. The molecule has 3 unspecified atom stereocenters. The van der Waals surface area contributed by atoms with E-state index in [-0.39, 0.29) is 41.8 Å². The van der Waals surface area contributed by atoms with Crippen LogP contribution < -0.4 is 5.32 Å². The molecule has 0 spiro atoms. The van der Waals surface area contributed by atoms with Crippen LogP contribution in [-0.2, 0) is 32.3 Å². The molecule has 1 aromatic rings. The maximum Gasteiger partial charge on any atom is 0.225 e. The lowest BCUT2D eigenvalue weighted by atomic mass is 9.89. The quantitative estimate of drug-likeness (QED) is 0.829. The van der Waals surface area contributed by atoms with Gasteiger partial charge in [-0.15, -0.1) is 0 Å². The second kappa shape index (κ2) is 7.50. The van der Waals surface area contributed by atoms with Crippen LogP contribution in [0.5, 0.6) is 0 Å². The third-order valence-corrected chi connectivity index (χ3v) is 8.16. The van der Waals surface area contributed by atoms with Gasteiger partial charge >= 0.3 is 0 Å². The van der Waals surface area contributed by atoms with E-state index in [1.165, 1.54) is 24.0 Å². The zero-order valence-corrected chi connectivity index (χ0v) is 17.1. The Kier molecular flexibility index (Phi) is 5.21. The zero-order chi connectivity index (χ0) is 19.9. The number of sulfone groups is 1. The zero-order valence-electron chi connectivity index (χ0n) is 16.3. The number of carbonyl (C=O) groups excluding carboxylic acids is 2. The van der Waals surface area contributed by atoms with Gasteiger partial charge in [-0.2, -0.15) is 0 Å². The number of benzene rings is 1. The minimum atomic E-state index is -3.05. The lowest BCUT2D eigenvalue weighted by Crippen LogP contribution is -2.39. The molecule has 1 aliphatic carbocycles. The highest BCUT2D eigenvalue weighted by molar-refractivity contribution is 7.91. The Labute approximate surface area is 166 Å². The summed E-state index contributed by atoms with van der Waals surface area (Å²) in [5, 5.41) is 3.06. The first-order chi connectivity index (χ1) is 13.3.